The van der Waals surface area contributed by atoms with E-state index in [-0.39, 0.29) is 11.3 Å². The van der Waals surface area contributed by atoms with Gasteiger partial charge in [0.05, 0.1) is 11.8 Å². The monoisotopic (exact) mass is 254 g/mol. The van der Waals surface area contributed by atoms with Crippen LogP contribution in [0.15, 0.2) is 30.5 Å². The van der Waals surface area contributed by atoms with E-state index in [4.69, 9.17) is 11.6 Å². The Morgan fingerprint density at radius 1 is 1.44 bits per heavy atom. The molecule has 0 atom stereocenters. The number of aromatic nitrogens is 1. The van der Waals surface area contributed by atoms with E-state index >= 15 is 0 Å². The van der Waals surface area contributed by atoms with Gasteiger partial charge in [-0.2, -0.15) is 0 Å². The second kappa shape index (κ2) is 4.51. The molecule has 0 radical (unpaired) electrons. The first-order valence-corrected chi connectivity index (χ1v) is 5.57. The summed E-state index contributed by atoms with van der Waals surface area (Å²) in [5.74, 6) is -0.480. The summed E-state index contributed by atoms with van der Waals surface area (Å²) in [7, 11) is 0. The minimum absolute atomic E-state index is 0.0670. The number of amides is 1. The number of para-hydroxylation sites is 1. The maximum Gasteiger partial charge on any atom is 0.261 e. The normalized spacial score (nSPS) is 10.1. The van der Waals surface area contributed by atoms with E-state index in [2.05, 4.69) is 10.3 Å². The Morgan fingerprint density at radius 3 is 2.81 bits per heavy atom. The summed E-state index contributed by atoms with van der Waals surface area (Å²) in [6, 6.07) is 6.29. The lowest BCUT2D eigenvalue weighted by Crippen LogP contribution is -2.11. The van der Waals surface area contributed by atoms with Crippen LogP contribution < -0.4 is 5.32 Å². The fourth-order valence-corrected chi connectivity index (χ4v) is 1.95. The van der Waals surface area contributed by atoms with E-state index in [1.165, 1.54) is 18.3 Å². The number of aromatic hydroxyl groups is 1. The molecule has 0 saturated carbocycles. The molecule has 0 aliphatic carbocycles. The summed E-state index contributed by atoms with van der Waals surface area (Å²) in [5, 5.41) is 12.4. The molecule has 0 unspecified atom stereocenters. The number of phenols is 1. The molecule has 2 rings (SSSR count). The Morgan fingerprint density at radius 2 is 2.19 bits per heavy atom. The van der Waals surface area contributed by atoms with Gasteiger partial charge in [0.15, 0.2) is 5.13 Å². The molecule has 0 saturated heterocycles. The molecule has 4 nitrogen and oxygen atoms in total. The summed E-state index contributed by atoms with van der Waals surface area (Å²) in [6.45, 7) is 0. The van der Waals surface area contributed by atoms with Crippen molar-refractivity contribution in [1.29, 1.82) is 0 Å². The SMILES string of the molecule is O=C(Nc1ncc(Cl)s1)c1ccccc1O. The summed E-state index contributed by atoms with van der Waals surface area (Å²) in [6.07, 6.45) is 1.45. The predicted molar refractivity (Wildman–Crippen MR) is 63.2 cm³/mol. The number of carbonyl (C=O) groups excluding carboxylic acids is 1. The van der Waals surface area contributed by atoms with Gasteiger partial charge < -0.3 is 5.11 Å². The zero-order valence-electron chi connectivity index (χ0n) is 7.98. The number of phenolic OH excluding ortho intramolecular Hbond substituents is 1. The number of thiazole rings is 1. The van der Waals surface area contributed by atoms with Crippen molar-refractivity contribution in [2.45, 2.75) is 0 Å². The molecule has 0 bridgehead atoms. The Kier molecular flexibility index (Phi) is 3.07. The second-order valence-electron chi connectivity index (χ2n) is 2.94. The number of rotatable bonds is 2. The molecule has 1 heterocycles. The molecule has 0 aliphatic rings. The summed E-state index contributed by atoms with van der Waals surface area (Å²) < 4.78 is 0.493. The fraction of sp³-hybridized carbons (Fsp3) is 0. The van der Waals surface area contributed by atoms with E-state index in [1.807, 2.05) is 0 Å². The number of anilines is 1. The van der Waals surface area contributed by atoms with E-state index in [0.717, 1.165) is 11.3 Å². The van der Waals surface area contributed by atoms with Crippen LogP contribution in [0, 0.1) is 0 Å². The Bertz CT molecular complexity index is 527. The molecular weight excluding hydrogens is 248 g/mol. The molecule has 1 amide bonds. The van der Waals surface area contributed by atoms with Crippen LogP contribution in [0.5, 0.6) is 5.75 Å². The van der Waals surface area contributed by atoms with Crippen molar-refractivity contribution >= 4 is 34.0 Å². The maximum atomic E-state index is 11.7. The summed E-state index contributed by atoms with van der Waals surface area (Å²) in [5.41, 5.74) is 0.203. The van der Waals surface area contributed by atoms with Gasteiger partial charge in [0, 0.05) is 0 Å². The van der Waals surface area contributed by atoms with Crippen molar-refractivity contribution in [2.24, 2.45) is 0 Å². The quantitative estimate of drug-likeness (QED) is 0.866. The number of carbonyl (C=O) groups is 1. The molecule has 16 heavy (non-hydrogen) atoms. The molecule has 0 aliphatic heterocycles. The van der Waals surface area contributed by atoms with Crippen molar-refractivity contribution in [1.82, 2.24) is 4.98 Å². The predicted octanol–water partition coefficient (Wildman–Crippen LogP) is 2.75. The number of nitrogens with one attached hydrogen (secondary N) is 1. The highest BCUT2D eigenvalue weighted by Gasteiger charge is 2.11. The molecule has 0 fully saturated rings. The lowest BCUT2D eigenvalue weighted by atomic mass is 10.2. The molecule has 2 aromatic rings. The highest BCUT2D eigenvalue weighted by atomic mass is 35.5. The average Bonchev–Trinajstić information content (AvgIpc) is 2.64. The van der Waals surface area contributed by atoms with Crippen LogP contribution in [-0.2, 0) is 0 Å². The second-order valence-corrected chi connectivity index (χ2v) is 4.60. The number of benzene rings is 1. The molecule has 6 heteroatoms. The summed E-state index contributed by atoms with van der Waals surface area (Å²) in [4.78, 5) is 15.6. The van der Waals surface area contributed by atoms with Crippen LogP contribution in [0.1, 0.15) is 10.4 Å². The molecule has 1 aromatic carbocycles. The topological polar surface area (TPSA) is 62.2 Å². The van der Waals surface area contributed by atoms with Gasteiger partial charge in [0.1, 0.15) is 10.1 Å². The van der Waals surface area contributed by atoms with Crippen LogP contribution in [0.25, 0.3) is 0 Å². The van der Waals surface area contributed by atoms with Crippen LogP contribution >= 0.6 is 22.9 Å². The van der Waals surface area contributed by atoms with Crippen molar-refractivity contribution in [2.75, 3.05) is 5.32 Å². The molecule has 0 spiro atoms. The number of hydrogen-bond acceptors (Lipinski definition) is 4. The number of halogens is 1. The Hall–Kier alpha value is -1.59. The minimum atomic E-state index is -0.413. The smallest absolute Gasteiger partial charge is 0.261 e. The lowest BCUT2D eigenvalue weighted by Gasteiger charge is -2.03. The van der Waals surface area contributed by atoms with Crippen molar-refractivity contribution in [3.05, 3.63) is 40.4 Å². The van der Waals surface area contributed by atoms with Gasteiger partial charge in [-0.1, -0.05) is 35.1 Å². The zero-order chi connectivity index (χ0) is 11.5. The van der Waals surface area contributed by atoms with E-state index < -0.39 is 5.91 Å². The van der Waals surface area contributed by atoms with Crippen molar-refractivity contribution < 1.29 is 9.90 Å². The van der Waals surface area contributed by atoms with Crippen LogP contribution in [0.2, 0.25) is 4.34 Å². The Balaban J connectivity index is 2.18. The fourth-order valence-electron chi connectivity index (χ4n) is 1.14. The average molecular weight is 255 g/mol. The first-order valence-electron chi connectivity index (χ1n) is 4.37. The van der Waals surface area contributed by atoms with Gasteiger partial charge in [-0.25, -0.2) is 4.98 Å². The third-order valence-electron chi connectivity index (χ3n) is 1.85. The first kappa shape index (κ1) is 10.9. The van der Waals surface area contributed by atoms with Gasteiger partial charge in [-0.05, 0) is 12.1 Å². The van der Waals surface area contributed by atoms with Crippen LogP contribution in [0.3, 0.4) is 0 Å². The Labute approximate surface area is 101 Å². The molecule has 2 N–H and O–H groups in total. The first-order chi connectivity index (χ1) is 7.66. The van der Waals surface area contributed by atoms with E-state index in [0.29, 0.717) is 9.47 Å². The van der Waals surface area contributed by atoms with Gasteiger partial charge in [0.25, 0.3) is 5.91 Å². The third-order valence-corrected chi connectivity index (χ3v) is 2.88. The minimum Gasteiger partial charge on any atom is -0.507 e. The largest absolute Gasteiger partial charge is 0.507 e. The zero-order valence-corrected chi connectivity index (χ0v) is 9.55. The standard InChI is InChI=1S/C10H7ClN2O2S/c11-8-5-12-10(16-8)13-9(15)6-3-1-2-4-7(6)14/h1-5,14H,(H,12,13,15). The van der Waals surface area contributed by atoms with Gasteiger partial charge in [0.2, 0.25) is 0 Å². The van der Waals surface area contributed by atoms with E-state index in [9.17, 15) is 9.90 Å². The molecular formula is C10H7ClN2O2S. The molecule has 82 valence electrons. The third kappa shape index (κ3) is 2.32. The van der Waals surface area contributed by atoms with Crippen LogP contribution in [0.4, 0.5) is 5.13 Å². The van der Waals surface area contributed by atoms with Crippen LogP contribution in [-0.4, -0.2) is 16.0 Å². The highest BCUT2D eigenvalue weighted by molar-refractivity contribution is 7.19. The number of hydrogen-bond donors (Lipinski definition) is 2. The van der Waals surface area contributed by atoms with Crippen molar-refractivity contribution in [3.8, 4) is 5.75 Å². The highest BCUT2D eigenvalue weighted by Crippen LogP contribution is 2.24. The number of nitrogens with zero attached hydrogens (tertiary/aromatic N) is 1. The van der Waals surface area contributed by atoms with Gasteiger partial charge >= 0.3 is 0 Å². The van der Waals surface area contributed by atoms with Gasteiger partial charge in [-0.3, -0.25) is 10.1 Å². The lowest BCUT2D eigenvalue weighted by molar-refractivity contribution is 0.102. The maximum absolute atomic E-state index is 11.7. The van der Waals surface area contributed by atoms with E-state index in [1.54, 1.807) is 12.1 Å². The summed E-state index contributed by atoms with van der Waals surface area (Å²) >= 11 is 6.83. The van der Waals surface area contributed by atoms with Crippen molar-refractivity contribution in [3.63, 3.8) is 0 Å². The van der Waals surface area contributed by atoms with Gasteiger partial charge in [-0.15, -0.1) is 0 Å². The molecule has 1 aromatic heterocycles.